The molecule has 0 unspecified atom stereocenters. The van der Waals surface area contributed by atoms with Crippen molar-refractivity contribution >= 4 is 5.91 Å². The van der Waals surface area contributed by atoms with Gasteiger partial charge >= 0.3 is 0 Å². The minimum absolute atomic E-state index is 0.0353. The topological polar surface area (TPSA) is 56.8 Å². The van der Waals surface area contributed by atoms with Crippen LogP contribution in [0.3, 0.4) is 0 Å². The van der Waals surface area contributed by atoms with E-state index >= 15 is 0 Å². The number of ether oxygens (including phenoxy) is 3. The molecule has 1 N–H and O–H groups in total. The second-order valence-corrected chi connectivity index (χ2v) is 6.90. The van der Waals surface area contributed by atoms with Crippen molar-refractivity contribution in [2.24, 2.45) is 0 Å². The first-order valence-electron chi connectivity index (χ1n) is 9.36. The monoisotopic (exact) mass is 369 g/mol. The van der Waals surface area contributed by atoms with Gasteiger partial charge in [0.15, 0.2) is 11.5 Å². The number of hydrogen-bond acceptors (Lipinski definition) is 4. The third-order valence-corrected chi connectivity index (χ3v) is 5.04. The molecule has 1 aliphatic rings. The molecule has 0 saturated carbocycles. The normalized spacial score (nSPS) is 17.0. The van der Waals surface area contributed by atoms with Crippen molar-refractivity contribution in [3.8, 4) is 11.5 Å². The van der Waals surface area contributed by atoms with Crippen molar-refractivity contribution in [2.45, 2.75) is 31.2 Å². The third-order valence-electron chi connectivity index (χ3n) is 5.04. The fraction of sp³-hybridized carbons (Fsp3) is 0.409. The Morgan fingerprint density at radius 1 is 1.07 bits per heavy atom. The summed E-state index contributed by atoms with van der Waals surface area (Å²) in [6, 6.07) is 17.4. The molecular formula is C22H27NO4. The van der Waals surface area contributed by atoms with Gasteiger partial charge in [-0.2, -0.15) is 0 Å². The molecule has 1 atom stereocenters. The van der Waals surface area contributed by atoms with Crippen molar-refractivity contribution in [1.29, 1.82) is 0 Å². The van der Waals surface area contributed by atoms with E-state index in [0.29, 0.717) is 44.2 Å². The minimum Gasteiger partial charge on any atom is -0.493 e. The smallest absolute Gasteiger partial charge is 0.231 e. The number of rotatable bonds is 7. The third kappa shape index (κ3) is 4.42. The first-order valence-corrected chi connectivity index (χ1v) is 9.36. The molecule has 0 aliphatic carbocycles. The zero-order chi connectivity index (χ0) is 19.1. The predicted molar refractivity (Wildman–Crippen MR) is 104 cm³/mol. The Hall–Kier alpha value is -2.53. The van der Waals surface area contributed by atoms with Crippen LogP contribution in [-0.4, -0.2) is 38.9 Å². The van der Waals surface area contributed by atoms with E-state index in [4.69, 9.17) is 14.2 Å². The van der Waals surface area contributed by atoms with Gasteiger partial charge in [-0.15, -0.1) is 0 Å². The number of carbonyl (C=O) groups excluding carboxylic acids is 1. The van der Waals surface area contributed by atoms with Crippen LogP contribution in [0.25, 0.3) is 0 Å². The fourth-order valence-corrected chi connectivity index (χ4v) is 3.48. The summed E-state index contributed by atoms with van der Waals surface area (Å²) in [5.74, 6) is 1.39. The molecule has 144 valence electrons. The summed E-state index contributed by atoms with van der Waals surface area (Å²) in [4.78, 5) is 13.2. The number of benzene rings is 2. The van der Waals surface area contributed by atoms with Crippen LogP contribution in [0.1, 0.15) is 25.3 Å². The first kappa shape index (κ1) is 19.2. The van der Waals surface area contributed by atoms with E-state index in [1.807, 2.05) is 61.5 Å². The highest BCUT2D eigenvalue weighted by Gasteiger charge is 2.41. The molecule has 2 aromatic rings. The molecule has 1 amide bonds. The predicted octanol–water partition coefficient (Wildman–Crippen LogP) is 3.33. The van der Waals surface area contributed by atoms with Crippen molar-refractivity contribution < 1.29 is 19.0 Å². The summed E-state index contributed by atoms with van der Waals surface area (Å²) in [5, 5.41) is 3.14. The Balaban J connectivity index is 1.67. The van der Waals surface area contributed by atoms with Gasteiger partial charge in [0, 0.05) is 13.2 Å². The zero-order valence-corrected chi connectivity index (χ0v) is 15.9. The van der Waals surface area contributed by atoms with Crippen LogP contribution < -0.4 is 14.8 Å². The van der Waals surface area contributed by atoms with Gasteiger partial charge in [0.1, 0.15) is 6.61 Å². The van der Waals surface area contributed by atoms with E-state index in [9.17, 15) is 4.79 Å². The Bertz CT molecular complexity index is 741. The summed E-state index contributed by atoms with van der Waals surface area (Å²) < 4.78 is 16.7. The number of amides is 1. The maximum atomic E-state index is 13.2. The number of para-hydroxylation sites is 2. The lowest BCUT2D eigenvalue weighted by Crippen LogP contribution is -2.51. The highest BCUT2D eigenvalue weighted by molar-refractivity contribution is 5.88. The number of carbonyl (C=O) groups is 1. The quantitative estimate of drug-likeness (QED) is 0.813. The van der Waals surface area contributed by atoms with E-state index in [0.717, 1.165) is 5.56 Å². The van der Waals surface area contributed by atoms with Crippen molar-refractivity contribution in [3.05, 3.63) is 60.2 Å². The van der Waals surface area contributed by atoms with Crippen LogP contribution >= 0.6 is 0 Å². The van der Waals surface area contributed by atoms with E-state index in [-0.39, 0.29) is 11.9 Å². The lowest BCUT2D eigenvalue weighted by molar-refractivity contribution is -0.131. The maximum Gasteiger partial charge on any atom is 0.231 e. The van der Waals surface area contributed by atoms with Crippen molar-refractivity contribution in [3.63, 3.8) is 0 Å². The Morgan fingerprint density at radius 3 is 2.37 bits per heavy atom. The SMILES string of the molecule is COc1ccccc1OC[C@@H](C)NC(=O)C1(c2ccccc2)CCOCC1. The molecule has 5 heteroatoms. The summed E-state index contributed by atoms with van der Waals surface area (Å²) in [6.45, 7) is 3.50. The van der Waals surface area contributed by atoms with E-state index < -0.39 is 5.41 Å². The molecule has 0 bridgehead atoms. The molecule has 0 spiro atoms. The Morgan fingerprint density at radius 2 is 1.70 bits per heavy atom. The standard InChI is InChI=1S/C22H27NO4/c1-17(16-27-20-11-7-6-10-19(20)25-2)23-21(24)22(12-14-26-15-13-22)18-8-4-3-5-9-18/h3-11,17H,12-16H2,1-2H3,(H,23,24)/t17-/m1/s1. The van der Waals surface area contributed by atoms with Crippen LogP contribution in [0.5, 0.6) is 11.5 Å². The van der Waals surface area contributed by atoms with Crippen LogP contribution in [-0.2, 0) is 14.9 Å². The molecule has 0 radical (unpaired) electrons. The van der Waals surface area contributed by atoms with Crippen LogP contribution in [0.15, 0.2) is 54.6 Å². The molecule has 5 nitrogen and oxygen atoms in total. The number of methoxy groups -OCH3 is 1. The van der Waals surface area contributed by atoms with Gasteiger partial charge in [-0.25, -0.2) is 0 Å². The summed E-state index contributed by atoms with van der Waals surface area (Å²) in [6.07, 6.45) is 1.37. The van der Waals surface area contributed by atoms with Gasteiger partial charge in [-0.1, -0.05) is 42.5 Å². The maximum absolute atomic E-state index is 13.2. The van der Waals surface area contributed by atoms with Crippen LogP contribution in [0, 0.1) is 0 Å². The van der Waals surface area contributed by atoms with Crippen LogP contribution in [0.2, 0.25) is 0 Å². The van der Waals surface area contributed by atoms with Gasteiger partial charge < -0.3 is 19.5 Å². The molecular weight excluding hydrogens is 342 g/mol. The molecule has 1 fully saturated rings. The Labute approximate surface area is 160 Å². The van der Waals surface area contributed by atoms with Gasteiger partial charge in [0.25, 0.3) is 0 Å². The summed E-state index contributed by atoms with van der Waals surface area (Å²) in [5.41, 5.74) is 0.502. The summed E-state index contributed by atoms with van der Waals surface area (Å²) >= 11 is 0. The average Bonchev–Trinajstić information content (AvgIpc) is 2.73. The van der Waals surface area contributed by atoms with E-state index in [1.165, 1.54) is 0 Å². The number of hydrogen-bond donors (Lipinski definition) is 1. The molecule has 27 heavy (non-hydrogen) atoms. The van der Waals surface area contributed by atoms with Crippen LogP contribution in [0.4, 0.5) is 0 Å². The van der Waals surface area contributed by atoms with Gasteiger partial charge in [-0.05, 0) is 37.5 Å². The molecule has 1 heterocycles. The molecule has 0 aromatic heterocycles. The van der Waals surface area contributed by atoms with E-state index in [2.05, 4.69) is 5.32 Å². The minimum atomic E-state index is -0.543. The lowest BCUT2D eigenvalue weighted by Gasteiger charge is -2.37. The lowest BCUT2D eigenvalue weighted by atomic mass is 9.73. The fourth-order valence-electron chi connectivity index (χ4n) is 3.48. The molecule has 3 rings (SSSR count). The molecule has 2 aromatic carbocycles. The largest absolute Gasteiger partial charge is 0.493 e. The summed E-state index contributed by atoms with van der Waals surface area (Å²) in [7, 11) is 1.61. The van der Waals surface area contributed by atoms with Gasteiger partial charge in [0.2, 0.25) is 5.91 Å². The highest BCUT2D eigenvalue weighted by Crippen LogP contribution is 2.35. The van der Waals surface area contributed by atoms with Crippen molar-refractivity contribution in [2.75, 3.05) is 26.9 Å². The zero-order valence-electron chi connectivity index (χ0n) is 15.9. The van der Waals surface area contributed by atoms with Gasteiger partial charge in [0.05, 0.1) is 18.6 Å². The average molecular weight is 369 g/mol. The number of nitrogens with one attached hydrogen (secondary N) is 1. The molecule has 1 saturated heterocycles. The molecule has 1 aliphatic heterocycles. The van der Waals surface area contributed by atoms with E-state index in [1.54, 1.807) is 7.11 Å². The van der Waals surface area contributed by atoms with Crippen molar-refractivity contribution in [1.82, 2.24) is 5.32 Å². The Kier molecular flexibility index (Phi) is 6.35. The first-order chi connectivity index (χ1) is 13.2. The highest BCUT2D eigenvalue weighted by atomic mass is 16.5. The second kappa shape index (κ2) is 8.91. The van der Waals surface area contributed by atoms with Gasteiger partial charge in [-0.3, -0.25) is 4.79 Å². The second-order valence-electron chi connectivity index (χ2n) is 6.90.